The van der Waals surface area contributed by atoms with Crippen LogP contribution in [0.1, 0.15) is 4.88 Å². The maximum Gasteiger partial charge on any atom is 0.264 e. The lowest BCUT2D eigenvalue weighted by atomic mass is 10.1. The number of aromatic nitrogens is 1. The van der Waals surface area contributed by atoms with Gasteiger partial charge in [-0.15, -0.1) is 11.3 Å². The van der Waals surface area contributed by atoms with Crippen molar-refractivity contribution in [3.63, 3.8) is 0 Å². The Hall–Kier alpha value is -1.79. The van der Waals surface area contributed by atoms with Gasteiger partial charge >= 0.3 is 0 Å². The maximum atomic E-state index is 12.1. The van der Waals surface area contributed by atoms with Gasteiger partial charge in [0, 0.05) is 20.5 Å². The zero-order valence-corrected chi connectivity index (χ0v) is 16.6. The molecule has 0 aliphatic rings. The first-order valence-electron chi connectivity index (χ1n) is 7.53. The van der Waals surface area contributed by atoms with Crippen LogP contribution in [0.4, 0.5) is 5.13 Å². The molecule has 0 radical (unpaired) electrons. The van der Waals surface area contributed by atoms with Gasteiger partial charge in [-0.2, -0.15) is 0 Å². The summed E-state index contributed by atoms with van der Waals surface area (Å²) in [6.07, 6.45) is 0. The molecule has 26 heavy (non-hydrogen) atoms. The minimum Gasteiger partial charge on any atom is -0.482 e. The summed E-state index contributed by atoms with van der Waals surface area (Å²) in [6.45, 7) is 1.75. The lowest BCUT2D eigenvalue weighted by Gasteiger charge is -2.07. The Morgan fingerprint density at radius 3 is 2.65 bits per heavy atom. The average molecular weight is 428 g/mol. The molecule has 8 heteroatoms. The van der Waals surface area contributed by atoms with Gasteiger partial charge in [-0.1, -0.05) is 46.9 Å². The van der Waals surface area contributed by atoms with Crippen LogP contribution in [0.5, 0.6) is 5.75 Å². The van der Waals surface area contributed by atoms with Gasteiger partial charge < -0.3 is 4.74 Å². The second-order valence-electron chi connectivity index (χ2n) is 5.35. The molecule has 0 fully saturated rings. The summed E-state index contributed by atoms with van der Waals surface area (Å²) in [5.74, 6) is 0.0589. The molecule has 0 aliphatic carbocycles. The quantitative estimate of drug-likeness (QED) is 0.535. The SMILES string of the molecule is Cc1sc(NC(=O)COc2ccc(Cl)cc2Cl)nc1-c1cccc(Cl)c1. The first-order valence-corrected chi connectivity index (χ1v) is 9.48. The number of aryl methyl sites for hydroxylation is 1. The number of nitrogens with zero attached hydrogens (tertiary/aromatic N) is 1. The van der Waals surface area contributed by atoms with Crippen molar-refractivity contribution < 1.29 is 9.53 Å². The van der Waals surface area contributed by atoms with Gasteiger partial charge in [-0.25, -0.2) is 4.98 Å². The van der Waals surface area contributed by atoms with Crippen LogP contribution in [0.2, 0.25) is 15.1 Å². The number of rotatable bonds is 5. The molecule has 0 aliphatic heterocycles. The third-order valence-electron chi connectivity index (χ3n) is 3.39. The predicted octanol–water partition coefficient (Wildman–Crippen LogP) is 6.10. The van der Waals surface area contributed by atoms with E-state index in [2.05, 4.69) is 10.3 Å². The number of hydrogen-bond acceptors (Lipinski definition) is 4. The first-order chi connectivity index (χ1) is 12.4. The Balaban J connectivity index is 1.65. The number of nitrogens with one attached hydrogen (secondary N) is 1. The van der Waals surface area contributed by atoms with Crippen molar-refractivity contribution in [2.45, 2.75) is 6.92 Å². The van der Waals surface area contributed by atoms with E-state index in [9.17, 15) is 4.79 Å². The van der Waals surface area contributed by atoms with Crippen LogP contribution in [0, 0.1) is 6.92 Å². The van der Waals surface area contributed by atoms with Gasteiger partial charge in [0.15, 0.2) is 11.7 Å². The van der Waals surface area contributed by atoms with Crippen molar-refractivity contribution in [3.8, 4) is 17.0 Å². The zero-order chi connectivity index (χ0) is 18.7. The fraction of sp³-hybridized carbons (Fsp3) is 0.111. The third-order valence-corrected chi connectivity index (χ3v) is 5.05. The number of carbonyl (C=O) groups is 1. The molecule has 3 aromatic rings. The van der Waals surface area contributed by atoms with E-state index in [1.807, 2.05) is 25.1 Å². The predicted molar refractivity (Wildman–Crippen MR) is 108 cm³/mol. The van der Waals surface area contributed by atoms with Gasteiger partial charge in [0.05, 0.1) is 10.7 Å². The number of carbonyl (C=O) groups excluding carboxylic acids is 1. The molecule has 0 bridgehead atoms. The van der Waals surface area contributed by atoms with Gasteiger partial charge in [0.1, 0.15) is 5.75 Å². The highest BCUT2D eigenvalue weighted by atomic mass is 35.5. The number of ether oxygens (including phenoxy) is 1. The molecule has 134 valence electrons. The smallest absolute Gasteiger partial charge is 0.264 e. The molecule has 0 saturated heterocycles. The summed E-state index contributed by atoms with van der Waals surface area (Å²) in [5, 5.41) is 4.70. The lowest BCUT2D eigenvalue weighted by molar-refractivity contribution is -0.118. The van der Waals surface area contributed by atoms with Crippen LogP contribution in [0.25, 0.3) is 11.3 Å². The molecule has 4 nitrogen and oxygen atoms in total. The fourth-order valence-corrected chi connectivity index (χ4v) is 3.75. The third kappa shape index (κ3) is 4.68. The second-order valence-corrected chi connectivity index (χ2v) is 7.83. The first kappa shape index (κ1) is 19.0. The molecule has 0 atom stereocenters. The number of hydrogen-bond donors (Lipinski definition) is 1. The van der Waals surface area contributed by atoms with E-state index in [0.717, 1.165) is 16.1 Å². The number of benzene rings is 2. The van der Waals surface area contributed by atoms with Crippen molar-refractivity contribution in [2.24, 2.45) is 0 Å². The van der Waals surface area contributed by atoms with E-state index in [1.54, 1.807) is 24.3 Å². The van der Waals surface area contributed by atoms with Crippen LogP contribution in [0.15, 0.2) is 42.5 Å². The minimum absolute atomic E-state index is 0.188. The summed E-state index contributed by atoms with van der Waals surface area (Å²) in [7, 11) is 0. The zero-order valence-electron chi connectivity index (χ0n) is 13.6. The van der Waals surface area contributed by atoms with E-state index >= 15 is 0 Å². The minimum atomic E-state index is -0.331. The molecular weight excluding hydrogens is 415 g/mol. The molecule has 1 heterocycles. The van der Waals surface area contributed by atoms with E-state index in [4.69, 9.17) is 39.5 Å². The van der Waals surface area contributed by atoms with Crippen molar-refractivity contribution in [2.75, 3.05) is 11.9 Å². The molecular formula is C18H13Cl3N2O2S. The van der Waals surface area contributed by atoms with Crippen LogP contribution in [0.3, 0.4) is 0 Å². The van der Waals surface area contributed by atoms with E-state index in [-0.39, 0.29) is 12.5 Å². The molecule has 1 aromatic heterocycles. The second kappa shape index (κ2) is 8.27. The average Bonchev–Trinajstić information content (AvgIpc) is 2.94. The van der Waals surface area contributed by atoms with E-state index < -0.39 is 0 Å². The largest absolute Gasteiger partial charge is 0.482 e. The topological polar surface area (TPSA) is 51.2 Å². The molecule has 3 rings (SSSR count). The highest BCUT2D eigenvalue weighted by molar-refractivity contribution is 7.16. The Morgan fingerprint density at radius 2 is 1.92 bits per heavy atom. The standard InChI is InChI=1S/C18H13Cl3N2O2S/c1-10-17(11-3-2-4-12(19)7-11)23-18(26-10)22-16(24)9-25-15-6-5-13(20)8-14(15)21/h2-8H,9H2,1H3,(H,22,23,24). The molecule has 0 saturated carbocycles. The summed E-state index contributed by atoms with van der Waals surface area (Å²) >= 11 is 19.3. The van der Waals surface area contributed by atoms with Crippen LogP contribution >= 0.6 is 46.1 Å². The molecule has 0 unspecified atom stereocenters. The monoisotopic (exact) mass is 426 g/mol. The number of halogens is 3. The fourth-order valence-electron chi connectivity index (χ4n) is 2.24. The molecule has 2 aromatic carbocycles. The van der Waals surface area contributed by atoms with E-state index in [1.165, 1.54) is 11.3 Å². The van der Waals surface area contributed by atoms with Crippen molar-refractivity contribution in [1.82, 2.24) is 4.98 Å². The maximum absolute atomic E-state index is 12.1. The molecule has 0 spiro atoms. The lowest BCUT2D eigenvalue weighted by Crippen LogP contribution is -2.20. The van der Waals surface area contributed by atoms with Gasteiger partial charge in [-0.05, 0) is 37.3 Å². The Bertz CT molecular complexity index is 959. The van der Waals surface area contributed by atoms with Crippen molar-refractivity contribution >= 4 is 57.2 Å². The summed E-state index contributed by atoms with van der Waals surface area (Å²) < 4.78 is 5.42. The van der Waals surface area contributed by atoms with Crippen LogP contribution in [-0.2, 0) is 4.79 Å². The molecule has 1 N–H and O–H groups in total. The number of anilines is 1. The summed E-state index contributed by atoms with van der Waals surface area (Å²) in [5.41, 5.74) is 1.69. The van der Waals surface area contributed by atoms with Gasteiger partial charge in [0.25, 0.3) is 5.91 Å². The summed E-state index contributed by atoms with van der Waals surface area (Å²) in [4.78, 5) is 17.6. The van der Waals surface area contributed by atoms with Crippen LogP contribution < -0.4 is 10.1 Å². The highest BCUT2D eigenvalue weighted by Gasteiger charge is 2.13. The molecule has 1 amide bonds. The Labute approximate surface area is 169 Å². The van der Waals surface area contributed by atoms with E-state index in [0.29, 0.717) is 25.9 Å². The number of amides is 1. The van der Waals surface area contributed by atoms with Crippen molar-refractivity contribution in [1.29, 1.82) is 0 Å². The van der Waals surface area contributed by atoms with Gasteiger partial charge in [0.2, 0.25) is 0 Å². The van der Waals surface area contributed by atoms with Crippen molar-refractivity contribution in [3.05, 3.63) is 62.4 Å². The summed E-state index contributed by atoms with van der Waals surface area (Å²) in [6, 6.07) is 12.2. The normalized spacial score (nSPS) is 10.6. The van der Waals surface area contributed by atoms with Crippen LogP contribution in [-0.4, -0.2) is 17.5 Å². The Morgan fingerprint density at radius 1 is 1.15 bits per heavy atom. The Kier molecular flexibility index (Phi) is 6.04. The highest BCUT2D eigenvalue weighted by Crippen LogP contribution is 2.32. The van der Waals surface area contributed by atoms with Gasteiger partial charge in [-0.3, -0.25) is 10.1 Å². The number of thiazole rings is 1.